The van der Waals surface area contributed by atoms with Gasteiger partial charge in [0, 0.05) is 42.6 Å². The normalized spacial score (nSPS) is 10.6. The Labute approximate surface area is 128 Å². The smallest absolute Gasteiger partial charge is 0.225 e. The summed E-state index contributed by atoms with van der Waals surface area (Å²) in [5, 5.41) is 3.26. The van der Waals surface area contributed by atoms with Gasteiger partial charge < -0.3 is 10.2 Å². The molecule has 1 aromatic heterocycles. The first-order valence-electron chi connectivity index (χ1n) is 6.67. The van der Waals surface area contributed by atoms with E-state index < -0.39 is 0 Å². The Morgan fingerprint density at radius 1 is 1.20 bits per heavy atom. The van der Waals surface area contributed by atoms with Crippen molar-refractivity contribution in [3.05, 3.63) is 52.3 Å². The van der Waals surface area contributed by atoms with Gasteiger partial charge in [0.2, 0.25) is 5.95 Å². The predicted octanol–water partition coefficient (Wildman–Crippen LogP) is 2.99. The lowest BCUT2D eigenvalue weighted by Crippen LogP contribution is -2.20. The fraction of sp³-hybridized carbons (Fsp3) is 0.333. The lowest BCUT2D eigenvalue weighted by Gasteiger charge is -2.18. The second kappa shape index (κ2) is 7.36. The largest absolute Gasteiger partial charge is 0.340 e. The van der Waals surface area contributed by atoms with E-state index in [0.717, 1.165) is 35.6 Å². The molecule has 0 saturated carbocycles. The lowest BCUT2D eigenvalue weighted by atomic mass is 10.2. The highest BCUT2D eigenvalue weighted by Gasteiger charge is 2.07. The molecule has 1 heterocycles. The standard InChI is InChI=1S/C15H19BrN4/c1-3-17-8-12-9-18-15(19-10-12)20(2)11-13-6-4-5-7-14(13)16/h4-7,9-10,17H,3,8,11H2,1-2H3. The van der Waals surface area contributed by atoms with E-state index in [1.54, 1.807) is 0 Å². The molecule has 0 saturated heterocycles. The van der Waals surface area contributed by atoms with Gasteiger partial charge in [-0.3, -0.25) is 0 Å². The minimum absolute atomic E-state index is 0.737. The molecule has 1 aromatic carbocycles. The maximum Gasteiger partial charge on any atom is 0.225 e. The number of hydrogen-bond donors (Lipinski definition) is 1. The highest BCUT2D eigenvalue weighted by atomic mass is 79.9. The Hall–Kier alpha value is -1.46. The molecule has 20 heavy (non-hydrogen) atoms. The van der Waals surface area contributed by atoms with Crippen LogP contribution in [0.4, 0.5) is 5.95 Å². The van der Waals surface area contributed by atoms with Crippen LogP contribution in [-0.4, -0.2) is 23.6 Å². The summed E-state index contributed by atoms with van der Waals surface area (Å²) in [7, 11) is 2.00. The predicted molar refractivity (Wildman–Crippen MR) is 85.7 cm³/mol. The van der Waals surface area contributed by atoms with Crippen molar-refractivity contribution in [1.82, 2.24) is 15.3 Å². The molecular weight excluding hydrogens is 316 g/mol. The van der Waals surface area contributed by atoms with E-state index in [1.165, 1.54) is 5.56 Å². The van der Waals surface area contributed by atoms with Crippen molar-refractivity contribution in [3.63, 3.8) is 0 Å². The van der Waals surface area contributed by atoms with Crippen LogP contribution in [0.15, 0.2) is 41.1 Å². The molecule has 0 radical (unpaired) electrons. The van der Waals surface area contributed by atoms with Crippen LogP contribution in [-0.2, 0) is 13.1 Å². The Morgan fingerprint density at radius 2 is 1.90 bits per heavy atom. The van der Waals surface area contributed by atoms with Crippen LogP contribution >= 0.6 is 15.9 Å². The number of halogens is 1. The lowest BCUT2D eigenvalue weighted by molar-refractivity contribution is 0.719. The second-order valence-corrected chi connectivity index (χ2v) is 5.47. The topological polar surface area (TPSA) is 41.1 Å². The molecule has 2 aromatic rings. The maximum absolute atomic E-state index is 4.42. The Morgan fingerprint density at radius 3 is 2.55 bits per heavy atom. The van der Waals surface area contributed by atoms with Crippen LogP contribution < -0.4 is 10.2 Å². The van der Waals surface area contributed by atoms with Gasteiger partial charge in [-0.05, 0) is 18.2 Å². The fourth-order valence-electron chi connectivity index (χ4n) is 1.86. The quantitative estimate of drug-likeness (QED) is 0.881. The Kier molecular flexibility index (Phi) is 5.49. The van der Waals surface area contributed by atoms with Crippen LogP contribution in [0.5, 0.6) is 0 Å². The molecule has 0 aliphatic rings. The first-order valence-corrected chi connectivity index (χ1v) is 7.46. The number of aromatic nitrogens is 2. The number of rotatable bonds is 6. The summed E-state index contributed by atoms with van der Waals surface area (Å²) >= 11 is 3.56. The third kappa shape index (κ3) is 4.02. The molecule has 0 fully saturated rings. The third-order valence-corrected chi connectivity index (χ3v) is 3.75. The van der Waals surface area contributed by atoms with Crippen molar-refractivity contribution in [2.24, 2.45) is 0 Å². The minimum Gasteiger partial charge on any atom is -0.340 e. The van der Waals surface area contributed by atoms with Gasteiger partial charge in [0.15, 0.2) is 0 Å². The highest BCUT2D eigenvalue weighted by Crippen LogP contribution is 2.18. The molecule has 4 nitrogen and oxygen atoms in total. The van der Waals surface area contributed by atoms with Crippen LogP contribution in [0.1, 0.15) is 18.1 Å². The van der Waals surface area contributed by atoms with Gasteiger partial charge >= 0.3 is 0 Å². The molecule has 0 aliphatic carbocycles. The van der Waals surface area contributed by atoms with Crippen LogP contribution in [0.3, 0.4) is 0 Å². The maximum atomic E-state index is 4.42. The Bertz CT molecular complexity index is 542. The van der Waals surface area contributed by atoms with Crippen molar-refractivity contribution in [1.29, 1.82) is 0 Å². The van der Waals surface area contributed by atoms with Gasteiger partial charge in [-0.25, -0.2) is 9.97 Å². The molecular formula is C15H19BrN4. The van der Waals surface area contributed by atoms with Crippen molar-refractivity contribution >= 4 is 21.9 Å². The highest BCUT2D eigenvalue weighted by molar-refractivity contribution is 9.10. The fourth-order valence-corrected chi connectivity index (χ4v) is 2.27. The minimum atomic E-state index is 0.737. The molecule has 0 unspecified atom stereocenters. The number of hydrogen-bond acceptors (Lipinski definition) is 4. The average molecular weight is 335 g/mol. The first kappa shape index (κ1) is 14.9. The summed E-state index contributed by atoms with van der Waals surface area (Å²) in [5.74, 6) is 0.737. The zero-order valence-corrected chi connectivity index (χ0v) is 13.4. The van der Waals surface area contributed by atoms with E-state index in [4.69, 9.17) is 0 Å². The molecule has 106 valence electrons. The second-order valence-electron chi connectivity index (χ2n) is 4.62. The summed E-state index contributed by atoms with van der Waals surface area (Å²) in [6.07, 6.45) is 3.75. The summed E-state index contributed by atoms with van der Waals surface area (Å²) in [6, 6.07) is 8.19. The van der Waals surface area contributed by atoms with Crippen LogP contribution in [0.2, 0.25) is 0 Å². The zero-order chi connectivity index (χ0) is 14.4. The number of anilines is 1. The molecule has 0 aliphatic heterocycles. The SMILES string of the molecule is CCNCc1cnc(N(C)Cc2ccccc2Br)nc1. The molecule has 5 heteroatoms. The summed E-state index contributed by atoms with van der Waals surface area (Å²) in [5.41, 5.74) is 2.32. The van der Waals surface area contributed by atoms with Crippen LogP contribution in [0.25, 0.3) is 0 Å². The third-order valence-electron chi connectivity index (χ3n) is 2.98. The van der Waals surface area contributed by atoms with E-state index in [1.807, 2.05) is 42.5 Å². The Balaban J connectivity index is 2.02. The van der Waals surface area contributed by atoms with E-state index in [0.29, 0.717) is 0 Å². The van der Waals surface area contributed by atoms with Crippen LogP contribution in [0, 0.1) is 0 Å². The zero-order valence-electron chi connectivity index (χ0n) is 11.8. The summed E-state index contributed by atoms with van der Waals surface area (Å²) < 4.78 is 1.11. The number of benzene rings is 1. The van der Waals surface area contributed by atoms with Gasteiger partial charge in [-0.1, -0.05) is 41.1 Å². The summed E-state index contributed by atoms with van der Waals surface area (Å²) in [6.45, 7) is 4.61. The van der Waals surface area contributed by atoms with Gasteiger partial charge in [-0.2, -0.15) is 0 Å². The molecule has 2 rings (SSSR count). The van der Waals surface area contributed by atoms with Crippen molar-refractivity contribution in [3.8, 4) is 0 Å². The molecule has 0 bridgehead atoms. The van der Waals surface area contributed by atoms with E-state index in [9.17, 15) is 0 Å². The van der Waals surface area contributed by atoms with Gasteiger partial charge in [0.25, 0.3) is 0 Å². The van der Waals surface area contributed by atoms with Gasteiger partial charge in [0.05, 0.1) is 0 Å². The van der Waals surface area contributed by atoms with Crippen molar-refractivity contribution < 1.29 is 0 Å². The van der Waals surface area contributed by atoms with Crippen molar-refractivity contribution in [2.45, 2.75) is 20.0 Å². The number of nitrogens with one attached hydrogen (secondary N) is 1. The van der Waals surface area contributed by atoms with E-state index in [2.05, 4.69) is 44.2 Å². The first-order chi connectivity index (χ1) is 9.70. The van der Waals surface area contributed by atoms with E-state index in [-0.39, 0.29) is 0 Å². The molecule has 0 spiro atoms. The van der Waals surface area contributed by atoms with Gasteiger partial charge in [0.1, 0.15) is 0 Å². The average Bonchev–Trinajstić information content (AvgIpc) is 2.48. The molecule has 1 N–H and O–H groups in total. The summed E-state index contributed by atoms with van der Waals surface area (Å²) in [4.78, 5) is 10.9. The monoisotopic (exact) mass is 334 g/mol. The number of nitrogens with zero attached hydrogens (tertiary/aromatic N) is 3. The van der Waals surface area contributed by atoms with E-state index >= 15 is 0 Å². The van der Waals surface area contributed by atoms with Gasteiger partial charge in [-0.15, -0.1) is 0 Å². The van der Waals surface area contributed by atoms with Crippen molar-refractivity contribution in [2.75, 3.05) is 18.5 Å². The molecule has 0 atom stereocenters. The molecule has 0 amide bonds.